The van der Waals surface area contributed by atoms with Gasteiger partial charge < -0.3 is 9.88 Å². The normalized spacial score (nSPS) is 12.1. The van der Waals surface area contributed by atoms with Crippen molar-refractivity contribution in [1.82, 2.24) is 9.88 Å². The first-order valence-corrected chi connectivity index (χ1v) is 6.33. The Bertz CT molecular complexity index is 372. The summed E-state index contributed by atoms with van der Waals surface area (Å²) in [6, 6.07) is 2.05. The highest BCUT2D eigenvalue weighted by molar-refractivity contribution is 8.00. The summed E-state index contributed by atoms with van der Waals surface area (Å²) >= 11 is 0.0136. The summed E-state index contributed by atoms with van der Waals surface area (Å²) in [6.45, 7) is 4.99. The minimum absolute atomic E-state index is 0.0136. The van der Waals surface area contributed by atoms with E-state index in [-0.39, 0.29) is 17.5 Å². The van der Waals surface area contributed by atoms with Gasteiger partial charge in [-0.25, -0.2) is 0 Å². The number of aryl methyl sites for hydroxylation is 1. The van der Waals surface area contributed by atoms with Crippen molar-refractivity contribution in [2.24, 2.45) is 7.05 Å². The standard InChI is InChI=1S/C11H17F3N2S/c1-8-6-10(9(2)16(8)3)7-15-4-5-17-11(12,13)14/h6,15H,4-5,7H2,1-3H3. The van der Waals surface area contributed by atoms with Crippen molar-refractivity contribution in [2.45, 2.75) is 25.9 Å². The number of thioether (sulfide) groups is 1. The van der Waals surface area contributed by atoms with Crippen LogP contribution in [-0.2, 0) is 13.6 Å². The highest BCUT2D eigenvalue weighted by Crippen LogP contribution is 2.29. The molecule has 0 spiro atoms. The van der Waals surface area contributed by atoms with Gasteiger partial charge in [-0.15, -0.1) is 0 Å². The molecule has 98 valence electrons. The van der Waals surface area contributed by atoms with Crippen molar-refractivity contribution < 1.29 is 13.2 Å². The molecule has 1 aromatic rings. The molecule has 6 heteroatoms. The molecule has 0 aliphatic carbocycles. The third-order valence-corrected chi connectivity index (χ3v) is 3.48. The van der Waals surface area contributed by atoms with Gasteiger partial charge in [0.25, 0.3) is 0 Å². The average Bonchev–Trinajstić information content (AvgIpc) is 2.44. The number of aromatic nitrogens is 1. The maximum absolute atomic E-state index is 11.9. The molecule has 0 aliphatic rings. The fraction of sp³-hybridized carbons (Fsp3) is 0.636. The zero-order valence-electron chi connectivity index (χ0n) is 10.2. The zero-order chi connectivity index (χ0) is 13.1. The van der Waals surface area contributed by atoms with E-state index in [0.29, 0.717) is 13.1 Å². The van der Waals surface area contributed by atoms with Crippen molar-refractivity contribution in [3.05, 3.63) is 23.0 Å². The molecule has 0 amide bonds. The Balaban J connectivity index is 2.29. The van der Waals surface area contributed by atoms with Gasteiger partial charge in [-0.1, -0.05) is 0 Å². The van der Waals surface area contributed by atoms with E-state index in [1.54, 1.807) is 0 Å². The van der Waals surface area contributed by atoms with Crippen molar-refractivity contribution in [1.29, 1.82) is 0 Å². The van der Waals surface area contributed by atoms with Gasteiger partial charge in [-0.3, -0.25) is 0 Å². The van der Waals surface area contributed by atoms with E-state index in [0.717, 1.165) is 17.0 Å². The summed E-state index contributed by atoms with van der Waals surface area (Å²) < 4.78 is 37.6. The lowest BCUT2D eigenvalue weighted by molar-refractivity contribution is -0.0327. The van der Waals surface area contributed by atoms with Crippen LogP contribution in [0.5, 0.6) is 0 Å². The van der Waals surface area contributed by atoms with Gasteiger partial charge in [0.1, 0.15) is 0 Å². The Morgan fingerprint density at radius 2 is 2.00 bits per heavy atom. The van der Waals surface area contributed by atoms with Crippen LogP contribution in [0.4, 0.5) is 13.2 Å². The van der Waals surface area contributed by atoms with Crippen LogP contribution in [-0.4, -0.2) is 22.4 Å². The molecule has 0 atom stereocenters. The van der Waals surface area contributed by atoms with Gasteiger partial charge >= 0.3 is 5.51 Å². The average molecular weight is 266 g/mol. The molecule has 1 rings (SSSR count). The van der Waals surface area contributed by atoms with E-state index in [9.17, 15) is 13.2 Å². The van der Waals surface area contributed by atoms with Crippen molar-refractivity contribution in [3.8, 4) is 0 Å². The summed E-state index contributed by atoms with van der Waals surface area (Å²) in [5.74, 6) is 0.0500. The molecule has 0 saturated heterocycles. The quantitative estimate of drug-likeness (QED) is 0.825. The minimum Gasteiger partial charge on any atom is -0.352 e. The molecule has 0 radical (unpaired) electrons. The van der Waals surface area contributed by atoms with E-state index in [2.05, 4.69) is 16.0 Å². The Hall–Kier alpha value is -0.620. The molecule has 1 aromatic heterocycles. The molecule has 0 bridgehead atoms. The fourth-order valence-electron chi connectivity index (χ4n) is 1.57. The molecule has 17 heavy (non-hydrogen) atoms. The lowest BCUT2D eigenvalue weighted by Crippen LogP contribution is -2.18. The van der Waals surface area contributed by atoms with Gasteiger partial charge in [-0.2, -0.15) is 13.2 Å². The second kappa shape index (κ2) is 5.82. The predicted molar refractivity (Wildman–Crippen MR) is 65.1 cm³/mol. The largest absolute Gasteiger partial charge is 0.441 e. The highest BCUT2D eigenvalue weighted by atomic mass is 32.2. The van der Waals surface area contributed by atoms with Crippen LogP contribution < -0.4 is 5.32 Å². The lowest BCUT2D eigenvalue weighted by atomic mass is 10.2. The van der Waals surface area contributed by atoms with Crippen LogP contribution in [0.1, 0.15) is 17.0 Å². The number of alkyl halides is 3. The van der Waals surface area contributed by atoms with Gasteiger partial charge in [0.05, 0.1) is 0 Å². The molecule has 0 saturated carbocycles. The topological polar surface area (TPSA) is 17.0 Å². The van der Waals surface area contributed by atoms with E-state index < -0.39 is 5.51 Å². The van der Waals surface area contributed by atoms with Crippen LogP contribution >= 0.6 is 11.8 Å². The first-order chi connectivity index (χ1) is 7.81. The maximum atomic E-state index is 11.9. The van der Waals surface area contributed by atoms with Crippen LogP contribution in [0, 0.1) is 13.8 Å². The Morgan fingerprint density at radius 3 is 2.47 bits per heavy atom. The number of nitrogens with zero attached hydrogens (tertiary/aromatic N) is 1. The van der Waals surface area contributed by atoms with Crippen molar-refractivity contribution in [2.75, 3.05) is 12.3 Å². The van der Waals surface area contributed by atoms with E-state index in [4.69, 9.17) is 0 Å². The van der Waals surface area contributed by atoms with Crippen molar-refractivity contribution >= 4 is 11.8 Å². The fourth-order valence-corrected chi connectivity index (χ4v) is 2.05. The van der Waals surface area contributed by atoms with Gasteiger partial charge in [-0.05, 0) is 37.2 Å². The summed E-state index contributed by atoms with van der Waals surface area (Å²) in [6.07, 6.45) is 0. The monoisotopic (exact) mass is 266 g/mol. The minimum atomic E-state index is -4.12. The first-order valence-electron chi connectivity index (χ1n) is 5.34. The highest BCUT2D eigenvalue weighted by Gasteiger charge is 2.27. The summed E-state index contributed by atoms with van der Waals surface area (Å²) in [5.41, 5.74) is -0.676. The molecular weight excluding hydrogens is 249 g/mol. The van der Waals surface area contributed by atoms with E-state index in [1.165, 1.54) is 0 Å². The van der Waals surface area contributed by atoms with E-state index >= 15 is 0 Å². The Labute approximate surface area is 104 Å². The van der Waals surface area contributed by atoms with Crippen LogP contribution in [0.3, 0.4) is 0 Å². The second-order valence-corrected chi connectivity index (χ2v) is 5.09. The van der Waals surface area contributed by atoms with Crippen molar-refractivity contribution in [3.63, 3.8) is 0 Å². The molecule has 0 fully saturated rings. The van der Waals surface area contributed by atoms with Gasteiger partial charge in [0.2, 0.25) is 0 Å². The number of rotatable bonds is 5. The second-order valence-electron chi connectivity index (χ2n) is 3.93. The van der Waals surface area contributed by atoms with E-state index in [1.807, 2.05) is 20.9 Å². The summed E-state index contributed by atoms with van der Waals surface area (Å²) in [7, 11) is 1.98. The number of halogens is 3. The summed E-state index contributed by atoms with van der Waals surface area (Å²) in [5, 5.41) is 3.02. The molecule has 0 unspecified atom stereocenters. The van der Waals surface area contributed by atoms with Gasteiger partial charge in [0, 0.05) is 37.3 Å². The molecule has 2 nitrogen and oxygen atoms in total. The zero-order valence-corrected chi connectivity index (χ0v) is 11.0. The molecule has 0 aliphatic heterocycles. The maximum Gasteiger partial charge on any atom is 0.441 e. The van der Waals surface area contributed by atoms with Crippen LogP contribution in [0.15, 0.2) is 6.07 Å². The summed E-state index contributed by atoms with van der Waals surface area (Å²) in [4.78, 5) is 0. The SMILES string of the molecule is Cc1cc(CNCCSC(F)(F)F)c(C)n1C. The first kappa shape index (κ1) is 14.4. The predicted octanol–water partition coefficient (Wildman–Crippen LogP) is 2.98. The number of hydrogen-bond donors (Lipinski definition) is 1. The Morgan fingerprint density at radius 1 is 1.35 bits per heavy atom. The third-order valence-electron chi connectivity index (χ3n) is 2.74. The van der Waals surface area contributed by atoms with Crippen LogP contribution in [0.2, 0.25) is 0 Å². The Kier molecular flexibility index (Phi) is 4.94. The lowest BCUT2D eigenvalue weighted by Gasteiger charge is -2.07. The van der Waals surface area contributed by atoms with Gasteiger partial charge in [0.15, 0.2) is 0 Å². The molecule has 0 aromatic carbocycles. The molecule has 1 N–H and O–H groups in total. The molecular formula is C11H17F3N2S. The third kappa shape index (κ3) is 4.63. The number of nitrogens with one attached hydrogen (secondary N) is 1. The van der Waals surface area contributed by atoms with Crippen LogP contribution in [0.25, 0.3) is 0 Å². The smallest absolute Gasteiger partial charge is 0.352 e. The number of hydrogen-bond acceptors (Lipinski definition) is 2. The molecule has 1 heterocycles.